The van der Waals surface area contributed by atoms with Crippen LogP contribution >= 0.6 is 0 Å². The fourth-order valence-electron chi connectivity index (χ4n) is 1.78. The number of aromatic amines is 1. The summed E-state index contributed by atoms with van der Waals surface area (Å²) in [6.07, 6.45) is 4.46. The summed E-state index contributed by atoms with van der Waals surface area (Å²) < 4.78 is 7.39. The van der Waals surface area contributed by atoms with Crippen LogP contribution in [0.2, 0.25) is 0 Å². The van der Waals surface area contributed by atoms with E-state index < -0.39 is 0 Å². The zero-order valence-electron chi connectivity index (χ0n) is 10.1. The van der Waals surface area contributed by atoms with Gasteiger partial charge in [0.25, 0.3) is 5.56 Å². The van der Waals surface area contributed by atoms with Crippen molar-refractivity contribution in [3.63, 3.8) is 0 Å². The number of aromatic nitrogens is 3. The Hall–Kier alpha value is -1.62. The third-order valence-electron chi connectivity index (χ3n) is 2.55. The van der Waals surface area contributed by atoms with Crippen LogP contribution in [0.15, 0.2) is 23.4 Å². The predicted molar refractivity (Wildman–Crippen MR) is 66.1 cm³/mol. The maximum Gasteiger partial charge on any atom is 0.275 e. The molecule has 5 heteroatoms. The molecule has 0 aliphatic rings. The Labute approximate surface area is 99.4 Å². The average Bonchev–Trinajstić information content (AvgIpc) is 2.69. The molecule has 0 unspecified atom stereocenters. The van der Waals surface area contributed by atoms with E-state index in [0.29, 0.717) is 12.1 Å². The van der Waals surface area contributed by atoms with Crippen LogP contribution in [0.1, 0.15) is 20.3 Å². The van der Waals surface area contributed by atoms with Gasteiger partial charge in [-0.05, 0) is 26.3 Å². The van der Waals surface area contributed by atoms with Crippen LogP contribution in [0.3, 0.4) is 0 Å². The first-order chi connectivity index (χ1) is 8.18. The van der Waals surface area contributed by atoms with Gasteiger partial charge in [-0.15, -0.1) is 0 Å². The van der Waals surface area contributed by atoms with Gasteiger partial charge >= 0.3 is 0 Å². The SMILES string of the molecule is CC(C)OCCCn1ccc2nc[nH]c(=O)c21. The first-order valence-corrected chi connectivity index (χ1v) is 5.82. The topological polar surface area (TPSA) is 59.9 Å². The van der Waals surface area contributed by atoms with E-state index in [0.717, 1.165) is 18.5 Å². The number of H-pyrrole nitrogens is 1. The summed E-state index contributed by atoms with van der Waals surface area (Å²) in [6, 6.07) is 1.86. The maximum absolute atomic E-state index is 11.7. The van der Waals surface area contributed by atoms with Crippen molar-refractivity contribution in [2.24, 2.45) is 0 Å². The van der Waals surface area contributed by atoms with Crippen molar-refractivity contribution in [3.8, 4) is 0 Å². The molecule has 1 N–H and O–H groups in total. The number of rotatable bonds is 5. The van der Waals surface area contributed by atoms with E-state index in [9.17, 15) is 4.79 Å². The summed E-state index contributed by atoms with van der Waals surface area (Å²) in [5.41, 5.74) is 1.28. The molecule has 0 aliphatic carbocycles. The maximum atomic E-state index is 11.7. The summed E-state index contributed by atoms with van der Waals surface area (Å²) in [5.74, 6) is 0. The van der Waals surface area contributed by atoms with Gasteiger partial charge in [-0.2, -0.15) is 0 Å². The van der Waals surface area contributed by atoms with E-state index in [-0.39, 0.29) is 11.7 Å². The molecule has 2 aromatic rings. The first-order valence-electron chi connectivity index (χ1n) is 5.82. The van der Waals surface area contributed by atoms with Crippen molar-refractivity contribution in [3.05, 3.63) is 28.9 Å². The summed E-state index contributed by atoms with van der Waals surface area (Å²) >= 11 is 0. The lowest BCUT2D eigenvalue weighted by Gasteiger charge is -2.08. The molecule has 2 heterocycles. The van der Waals surface area contributed by atoms with Gasteiger partial charge in [-0.25, -0.2) is 4.98 Å². The summed E-state index contributed by atoms with van der Waals surface area (Å²) in [7, 11) is 0. The highest BCUT2D eigenvalue weighted by Crippen LogP contribution is 2.08. The molecule has 92 valence electrons. The zero-order valence-corrected chi connectivity index (χ0v) is 10.1. The summed E-state index contributed by atoms with van der Waals surface area (Å²) in [4.78, 5) is 18.4. The van der Waals surface area contributed by atoms with Crippen molar-refractivity contribution in [2.75, 3.05) is 6.61 Å². The third-order valence-corrected chi connectivity index (χ3v) is 2.55. The van der Waals surface area contributed by atoms with Crippen molar-refractivity contribution in [1.82, 2.24) is 14.5 Å². The molecule has 5 nitrogen and oxygen atoms in total. The third kappa shape index (κ3) is 2.74. The van der Waals surface area contributed by atoms with Crippen molar-refractivity contribution >= 4 is 11.0 Å². The van der Waals surface area contributed by atoms with Crippen molar-refractivity contribution in [2.45, 2.75) is 32.9 Å². The molecule has 0 aliphatic heterocycles. The summed E-state index contributed by atoms with van der Waals surface area (Å²) in [5, 5.41) is 0. The van der Waals surface area contributed by atoms with E-state index in [1.165, 1.54) is 6.33 Å². The number of nitrogens with one attached hydrogen (secondary N) is 1. The fourth-order valence-corrected chi connectivity index (χ4v) is 1.78. The molecular formula is C12H17N3O2. The number of fused-ring (bicyclic) bond motifs is 1. The van der Waals surface area contributed by atoms with Gasteiger partial charge in [0, 0.05) is 19.3 Å². The monoisotopic (exact) mass is 235 g/mol. The van der Waals surface area contributed by atoms with Gasteiger partial charge in [-0.1, -0.05) is 0 Å². The van der Waals surface area contributed by atoms with Crippen LogP contribution in [0, 0.1) is 0 Å². The lowest BCUT2D eigenvalue weighted by atomic mass is 10.4. The lowest BCUT2D eigenvalue weighted by molar-refractivity contribution is 0.0750. The van der Waals surface area contributed by atoms with E-state index in [1.807, 2.05) is 30.7 Å². The minimum atomic E-state index is -0.0928. The number of hydrogen-bond acceptors (Lipinski definition) is 3. The second-order valence-corrected chi connectivity index (χ2v) is 4.25. The second kappa shape index (κ2) is 5.14. The quantitative estimate of drug-likeness (QED) is 0.800. The van der Waals surface area contributed by atoms with E-state index in [2.05, 4.69) is 9.97 Å². The Kier molecular flexibility index (Phi) is 3.58. The number of nitrogens with zero attached hydrogens (tertiary/aromatic N) is 2. The molecule has 0 radical (unpaired) electrons. The van der Waals surface area contributed by atoms with E-state index in [1.54, 1.807) is 0 Å². The van der Waals surface area contributed by atoms with Crippen LogP contribution in [0.5, 0.6) is 0 Å². The number of ether oxygens (including phenoxy) is 1. The number of aryl methyl sites for hydroxylation is 1. The summed E-state index contributed by atoms with van der Waals surface area (Å²) in [6.45, 7) is 5.50. The molecule has 0 saturated heterocycles. The fraction of sp³-hybridized carbons (Fsp3) is 0.500. The molecule has 2 aromatic heterocycles. The van der Waals surface area contributed by atoms with Crippen LogP contribution in [0.25, 0.3) is 11.0 Å². The molecule has 0 aromatic carbocycles. The van der Waals surface area contributed by atoms with Gasteiger partial charge in [0.15, 0.2) is 0 Å². The van der Waals surface area contributed by atoms with Crippen LogP contribution in [0.4, 0.5) is 0 Å². The normalized spacial score (nSPS) is 11.5. The molecular weight excluding hydrogens is 218 g/mol. The van der Waals surface area contributed by atoms with Gasteiger partial charge in [0.1, 0.15) is 5.52 Å². The van der Waals surface area contributed by atoms with Crippen LogP contribution in [-0.4, -0.2) is 27.2 Å². The van der Waals surface area contributed by atoms with Gasteiger partial charge in [0.2, 0.25) is 0 Å². The minimum Gasteiger partial charge on any atom is -0.379 e. The highest BCUT2D eigenvalue weighted by Gasteiger charge is 2.05. The van der Waals surface area contributed by atoms with Gasteiger partial charge < -0.3 is 14.3 Å². The second-order valence-electron chi connectivity index (χ2n) is 4.25. The predicted octanol–water partition coefficient (Wildman–Crippen LogP) is 1.54. The Morgan fingerprint density at radius 2 is 2.35 bits per heavy atom. The Balaban J connectivity index is 2.07. The van der Waals surface area contributed by atoms with Gasteiger partial charge in [-0.3, -0.25) is 4.79 Å². The molecule has 0 atom stereocenters. The Bertz CT molecular complexity index is 542. The van der Waals surface area contributed by atoms with Crippen LogP contribution in [-0.2, 0) is 11.3 Å². The smallest absolute Gasteiger partial charge is 0.275 e. The van der Waals surface area contributed by atoms with Crippen molar-refractivity contribution in [1.29, 1.82) is 0 Å². The number of hydrogen-bond donors (Lipinski definition) is 1. The largest absolute Gasteiger partial charge is 0.379 e. The van der Waals surface area contributed by atoms with E-state index in [4.69, 9.17) is 4.74 Å². The van der Waals surface area contributed by atoms with Crippen LogP contribution < -0.4 is 5.56 Å². The molecule has 17 heavy (non-hydrogen) atoms. The highest BCUT2D eigenvalue weighted by molar-refractivity contribution is 5.74. The van der Waals surface area contributed by atoms with Crippen molar-refractivity contribution < 1.29 is 4.74 Å². The standard InChI is InChI=1S/C12H17N3O2/c1-9(2)17-7-3-5-15-6-4-10-11(15)12(16)14-8-13-10/h4,6,8-9H,3,5,7H2,1-2H3,(H,13,14,16). The molecule has 0 bridgehead atoms. The zero-order chi connectivity index (χ0) is 12.3. The molecule has 0 spiro atoms. The minimum absolute atomic E-state index is 0.0928. The Morgan fingerprint density at radius 3 is 3.12 bits per heavy atom. The van der Waals surface area contributed by atoms with E-state index >= 15 is 0 Å². The highest BCUT2D eigenvalue weighted by atomic mass is 16.5. The lowest BCUT2D eigenvalue weighted by Crippen LogP contribution is -2.12. The van der Waals surface area contributed by atoms with Gasteiger partial charge in [0.05, 0.1) is 17.9 Å². The molecule has 0 fully saturated rings. The molecule has 2 rings (SSSR count). The molecule has 0 saturated carbocycles. The molecule has 0 amide bonds. The Morgan fingerprint density at radius 1 is 1.53 bits per heavy atom. The first kappa shape index (κ1) is 11.9. The average molecular weight is 235 g/mol.